The van der Waals surface area contributed by atoms with Crippen molar-refractivity contribution in [2.75, 3.05) is 13.2 Å². The second-order valence-electron chi connectivity index (χ2n) is 5.03. The molecule has 1 aromatic carbocycles. The summed E-state index contributed by atoms with van der Waals surface area (Å²) in [5.74, 6) is -0.432. The molecule has 1 saturated heterocycles. The van der Waals surface area contributed by atoms with Crippen molar-refractivity contribution in [1.29, 1.82) is 0 Å². The molecule has 1 amide bonds. The topological polar surface area (TPSA) is 84.6 Å². The van der Waals surface area contributed by atoms with Gasteiger partial charge in [0.2, 0.25) is 5.91 Å². The SMILES string of the molecule is CC1OCCC1(O)CNCc1cccc(C(N)=O)c1. The molecule has 1 fully saturated rings. The molecule has 0 bridgehead atoms. The highest BCUT2D eigenvalue weighted by Gasteiger charge is 2.38. The summed E-state index contributed by atoms with van der Waals surface area (Å²) in [6, 6.07) is 7.16. The maximum atomic E-state index is 11.1. The van der Waals surface area contributed by atoms with E-state index in [2.05, 4.69) is 5.32 Å². The van der Waals surface area contributed by atoms with E-state index in [0.29, 0.717) is 31.7 Å². The Labute approximate surface area is 112 Å². The molecule has 0 aliphatic carbocycles. The molecule has 2 unspecified atom stereocenters. The third-order valence-electron chi connectivity index (χ3n) is 3.63. The van der Waals surface area contributed by atoms with E-state index >= 15 is 0 Å². The van der Waals surface area contributed by atoms with Crippen LogP contribution in [0.3, 0.4) is 0 Å². The summed E-state index contributed by atoms with van der Waals surface area (Å²) >= 11 is 0. The summed E-state index contributed by atoms with van der Waals surface area (Å²) in [7, 11) is 0. The molecular formula is C14H20N2O3. The molecule has 4 N–H and O–H groups in total. The highest BCUT2D eigenvalue weighted by Crippen LogP contribution is 2.24. The van der Waals surface area contributed by atoms with Crippen molar-refractivity contribution < 1.29 is 14.6 Å². The molecule has 1 heterocycles. The van der Waals surface area contributed by atoms with Crippen LogP contribution in [-0.4, -0.2) is 35.9 Å². The average molecular weight is 264 g/mol. The Morgan fingerprint density at radius 1 is 1.63 bits per heavy atom. The lowest BCUT2D eigenvalue weighted by Gasteiger charge is -2.26. The monoisotopic (exact) mass is 264 g/mol. The number of ether oxygens (including phenoxy) is 1. The van der Waals surface area contributed by atoms with Crippen LogP contribution < -0.4 is 11.1 Å². The zero-order chi connectivity index (χ0) is 13.9. The van der Waals surface area contributed by atoms with Crippen LogP contribution in [0.2, 0.25) is 0 Å². The summed E-state index contributed by atoms with van der Waals surface area (Å²) in [5, 5.41) is 13.5. The van der Waals surface area contributed by atoms with E-state index < -0.39 is 11.5 Å². The fourth-order valence-corrected chi connectivity index (χ4v) is 2.26. The highest BCUT2D eigenvalue weighted by atomic mass is 16.5. The van der Waals surface area contributed by atoms with Crippen molar-refractivity contribution in [3.05, 3.63) is 35.4 Å². The first-order chi connectivity index (χ1) is 9.01. The minimum Gasteiger partial charge on any atom is -0.386 e. The normalized spacial score (nSPS) is 26.5. The fraction of sp³-hybridized carbons (Fsp3) is 0.500. The van der Waals surface area contributed by atoms with Crippen LogP contribution in [0.4, 0.5) is 0 Å². The number of nitrogens with two attached hydrogens (primary N) is 1. The number of benzene rings is 1. The predicted octanol–water partition coefficient (Wildman–Crippen LogP) is 0.415. The molecule has 0 saturated carbocycles. The predicted molar refractivity (Wildman–Crippen MR) is 71.6 cm³/mol. The maximum Gasteiger partial charge on any atom is 0.248 e. The van der Waals surface area contributed by atoms with Crippen LogP contribution in [-0.2, 0) is 11.3 Å². The largest absolute Gasteiger partial charge is 0.386 e. The van der Waals surface area contributed by atoms with Gasteiger partial charge in [0.15, 0.2) is 0 Å². The molecule has 1 aliphatic heterocycles. The number of amides is 1. The van der Waals surface area contributed by atoms with Gasteiger partial charge in [-0.25, -0.2) is 0 Å². The Bertz CT molecular complexity index is 464. The van der Waals surface area contributed by atoms with E-state index in [1.807, 2.05) is 13.0 Å². The number of rotatable bonds is 5. The standard InChI is InChI=1S/C14H20N2O3/c1-10-14(18,5-6-19-10)9-16-8-11-3-2-4-12(7-11)13(15)17/h2-4,7,10,16,18H,5-6,8-9H2,1H3,(H2,15,17). The van der Waals surface area contributed by atoms with Gasteiger partial charge in [0.25, 0.3) is 0 Å². The number of carbonyl (C=O) groups excluding carboxylic acids is 1. The first kappa shape index (κ1) is 14.0. The Kier molecular flexibility index (Phi) is 4.19. The number of carbonyl (C=O) groups is 1. The van der Waals surface area contributed by atoms with Crippen molar-refractivity contribution in [1.82, 2.24) is 5.32 Å². The van der Waals surface area contributed by atoms with Crippen LogP contribution in [0.25, 0.3) is 0 Å². The third-order valence-corrected chi connectivity index (χ3v) is 3.63. The highest BCUT2D eigenvalue weighted by molar-refractivity contribution is 5.92. The van der Waals surface area contributed by atoms with Crippen LogP contribution in [0, 0.1) is 0 Å². The molecular weight excluding hydrogens is 244 g/mol. The van der Waals surface area contributed by atoms with Gasteiger partial charge in [-0.05, 0) is 24.6 Å². The lowest BCUT2D eigenvalue weighted by molar-refractivity contribution is -0.0262. The minimum atomic E-state index is -0.804. The molecule has 19 heavy (non-hydrogen) atoms. The molecule has 2 atom stereocenters. The Hall–Kier alpha value is -1.43. The number of primary amides is 1. The van der Waals surface area contributed by atoms with Gasteiger partial charge in [-0.2, -0.15) is 0 Å². The fourth-order valence-electron chi connectivity index (χ4n) is 2.26. The summed E-state index contributed by atoms with van der Waals surface area (Å²) in [6.45, 7) is 3.52. The molecule has 104 valence electrons. The number of nitrogens with one attached hydrogen (secondary N) is 1. The molecule has 2 rings (SSSR count). The van der Waals surface area contributed by atoms with Gasteiger partial charge in [-0.1, -0.05) is 12.1 Å². The van der Waals surface area contributed by atoms with Crippen LogP contribution in [0.1, 0.15) is 29.3 Å². The summed E-state index contributed by atoms with van der Waals surface area (Å²) in [4.78, 5) is 11.1. The number of hydrogen-bond donors (Lipinski definition) is 3. The van der Waals surface area contributed by atoms with Gasteiger partial charge in [0.1, 0.15) is 5.60 Å². The van der Waals surface area contributed by atoms with E-state index in [1.54, 1.807) is 18.2 Å². The number of aliphatic hydroxyl groups is 1. The smallest absolute Gasteiger partial charge is 0.248 e. The molecule has 0 radical (unpaired) electrons. The first-order valence-corrected chi connectivity index (χ1v) is 6.45. The van der Waals surface area contributed by atoms with Crippen LogP contribution in [0.15, 0.2) is 24.3 Å². The van der Waals surface area contributed by atoms with E-state index in [0.717, 1.165) is 5.56 Å². The Morgan fingerprint density at radius 2 is 2.42 bits per heavy atom. The van der Waals surface area contributed by atoms with E-state index in [9.17, 15) is 9.90 Å². The second kappa shape index (κ2) is 5.69. The summed E-state index contributed by atoms with van der Waals surface area (Å²) in [6.07, 6.45) is 0.486. The third kappa shape index (κ3) is 3.32. The van der Waals surface area contributed by atoms with Gasteiger partial charge < -0.3 is 20.9 Å². The van der Waals surface area contributed by atoms with Crippen molar-refractivity contribution in [2.45, 2.75) is 31.6 Å². The molecule has 1 aromatic rings. The van der Waals surface area contributed by atoms with E-state index in [-0.39, 0.29) is 6.10 Å². The van der Waals surface area contributed by atoms with Gasteiger partial charge in [0, 0.05) is 31.7 Å². The van der Waals surface area contributed by atoms with Gasteiger partial charge in [-0.3, -0.25) is 4.79 Å². The quantitative estimate of drug-likeness (QED) is 0.719. The van der Waals surface area contributed by atoms with Gasteiger partial charge in [-0.15, -0.1) is 0 Å². The van der Waals surface area contributed by atoms with Gasteiger partial charge >= 0.3 is 0 Å². The first-order valence-electron chi connectivity index (χ1n) is 6.45. The maximum absolute atomic E-state index is 11.1. The van der Waals surface area contributed by atoms with Crippen molar-refractivity contribution in [2.24, 2.45) is 5.73 Å². The second-order valence-corrected chi connectivity index (χ2v) is 5.03. The molecule has 5 nitrogen and oxygen atoms in total. The van der Waals surface area contributed by atoms with Crippen LogP contribution in [0.5, 0.6) is 0 Å². The molecule has 1 aliphatic rings. The lowest BCUT2D eigenvalue weighted by Crippen LogP contribution is -2.45. The lowest BCUT2D eigenvalue weighted by atomic mass is 9.96. The average Bonchev–Trinajstić information content (AvgIpc) is 2.70. The van der Waals surface area contributed by atoms with E-state index in [4.69, 9.17) is 10.5 Å². The molecule has 0 aromatic heterocycles. The summed E-state index contributed by atoms with van der Waals surface area (Å²) < 4.78 is 5.37. The number of hydrogen-bond acceptors (Lipinski definition) is 4. The Morgan fingerprint density at radius 3 is 3.05 bits per heavy atom. The minimum absolute atomic E-state index is 0.156. The van der Waals surface area contributed by atoms with Crippen LogP contribution >= 0.6 is 0 Å². The van der Waals surface area contributed by atoms with Crippen molar-refractivity contribution in [3.63, 3.8) is 0 Å². The zero-order valence-electron chi connectivity index (χ0n) is 11.1. The van der Waals surface area contributed by atoms with Crippen molar-refractivity contribution in [3.8, 4) is 0 Å². The zero-order valence-corrected chi connectivity index (χ0v) is 11.1. The van der Waals surface area contributed by atoms with Crippen molar-refractivity contribution >= 4 is 5.91 Å². The van der Waals surface area contributed by atoms with Gasteiger partial charge in [0.05, 0.1) is 6.10 Å². The Balaban J connectivity index is 1.89. The van der Waals surface area contributed by atoms with E-state index in [1.165, 1.54) is 0 Å². The molecule has 0 spiro atoms. The summed E-state index contributed by atoms with van der Waals surface area (Å²) in [5.41, 5.74) is 5.89. The molecule has 5 heteroatoms.